The van der Waals surface area contributed by atoms with Gasteiger partial charge in [0.1, 0.15) is 23.5 Å². The fraction of sp³-hybridized carbons (Fsp3) is 0.524. The minimum Gasteiger partial charge on any atom is -0.497 e. The van der Waals surface area contributed by atoms with Crippen molar-refractivity contribution in [2.75, 3.05) is 20.7 Å². The molecular formula is C21H28ClN5O4. The molecule has 3 atom stereocenters. The second-order valence-electron chi connectivity index (χ2n) is 8.71. The third-order valence-electron chi connectivity index (χ3n) is 5.39. The number of hydrogen-bond donors (Lipinski definition) is 2. The van der Waals surface area contributed by atoms with E-state index in [0.717, 1.165) is 0 Å². The quantitative estimate of drug-likeness (QED) is 0.721. The molecule has 0 spiro atoms. The van der Waals surface area contributed by atoms with E-state index in [1.165, 1.54) is 16.6 Å². The summed E-state index contributed by atoms with van der Waals surface area (Å²) in [6.07, 6.45) is 1.12. The number of likely N-dealkylation sites (N-methyl/N-ethyl adjacent to an activating group) is 1. The molecule has 2 unspecified atom stereocenters. The van der Waals surface area contributed by atoms with E-state index in [-0.39, 0.29) is 24.8 Å². The summed E-state index contributed by atoms with van der Waals surface area (Å²) in [5, 5.41) is 21.6. The van der Waals surface area contributed by atoms with Crippen LogP contribution in [0.15, 0.2) is 24.4 Å². The Bertz CT molecular complexity index is 971. The first-order chi connectivity index (χ1) is 14.6. The van der Waals surface area contributed by atoms with Gasteiger partial charge in [0, 0.05) is 25.6 Å². The molecule has 1 aliphatic rings. The number of halogens is 1. The van der Waals surface area contributed by atoms with Crippen molar-refractivity contribution >= 4 is 23.4 Å². The lowest BCUT2D eigenvalue weighted by atomic mass is 9.85. The van der Waals surface area contributed by atoms with Gasteiger partial charge in [-0.1, -0.05) is 37.6 Å². The lowest BCUT2D eigenvalue weighted by Gasteiger charge is -2.34. The Labute approximate surface area is 186 Å². The van der Waals surface area contributed by atoms with Gasteiger partial charge in [-0.05, 0) is 23.6 Å². The summed E-state index contributed by atoms with van der Waals surface area (Å²) in [5.41, 5.74) is 0.639. The van der Waals surface area contributed by atoms with Gasteiger partial charge in [-0.15, -0.1) is 5.10 Å². The van der Waals surface area contributed by atoms with Crippen molar-refractivity contribution in [2.45, 2.75) is 45.4 Å². The number of β-amino-alcohol motifs (C(OH)–C–C–N with tert-alkyl or cyclic N) is 1. The molecule has 2 aromatic rings. The molecule has 1 saturated heterocycles. The third kappa shape index (κ3) is 4.67. The Morgan fingerprint density at radius 2 is 2.06 bits per heavy atom. The van der Waals surface area contributed by atoms with Gasteiger partial charge >= 0.3 is 0 Å². The maximum absolute atomic E-state index is 13.6. The van der Waals surface area contributed by atoms with Crippen molar-refractivity contribution in [3.8, 4) is 17.0 Å². The molecule has 168 valence electrons. The number of carbonyl (C=O) groups excluding carboxylic acids is 2. The summed E-state index contributed by atoms with van der Waals surface area (Å²) in [7, 11) is 3.07. The highest BCUT2D eigenvalue weighted by Crippen LogP contribution is 2.36. The van der Waals surface area contributed by atoms with Crippen LogP contribution in [0.1, 0.15) is 33.2 Å². The van der Waals surface area contributed by atoms with Gasteiger partial charge in [-0.2, -0.15) is 0 Å². The zero-order chi connectivity index (χ0) is 22.9. The van der Waals surface area contributed by atoms with Crippen LogP contribution in [0.25, 0.3) is 11.3 Å². The number of methoxy groups -OCH3 is 1. The van der Waals surface area contributed by atoms with Crippen LogP contribution >= 0.6 is 11.6 Å². The van der Waals surface area contributed by atoms with Gasteiger partial charge < -0.3 is 20.1 Å². The molecule has 0 radical (unpaired) electrons. The number of aromatic nitrogens is 3. The number of hydrogen-bond acceptors (Lipinski definition) is 6. The molecule has 10 heteroatoms. The van der Waals surface area contributed by atoms with Crippen LogP contribution in [0.2, 0.25) is 5.02 Å². The van der Waals surface area contributed by atoms with Gasteiger partial charge in [0.2, 0.25) is 11.8 Å². The van der Waals surface area contributed by atoms with E-state index in [2.05, 4.69) is 15.6 Å². The molecular weight excluding hydrogens is 422 g/mol. The number of rotatable bonds is 5. The van der Waals surface area contributed by atoms with Gasteiger partial charge in [0.25, 0.3) is 0 Å². The lowest BCUT2D eigenvalue weighted by molar-refractivity contribution is -0.144. The number of amides is 2. The number of likely N-dealkylation sites (tertiary alicyclic amines) is 1. The predicted octanol–water partition coefficient (Wildman–Crippen LogP) is 1.90. The minimum atomic E-state index is -0.753. The maximum atomic E-state index is 13.6. The third-order valence-corrected chi connectivity index (χ3v) is 5.71. The number of benzene rings is 1. The first kappa shape index (κ1) is 23.0. The Hall–Kier alpha value is -2.65. The van der Waals surface area contributed by atoms with Crippen molar-refractivity contribution in [1.82, 2.24) is 25.2 Å². The number of carbonyl (C=O) groups is 2. The monoisotopic (exact) mass is 449 g/mol. The number of nitrogens with zero attached hydrogens (tertiary/aromatic N) is 4. The first-order valence-corrected chi connectivity index (χ1v) is 10.4. The Balaban J connectivity index is 1.96. The molecule has 0 saturated carbocycles. The molecule has 2 amide bonds. The molecule has 31 heavy (non-hydrogen) atoms. The topological polar surface area (TPSA) is 110 Å². The highest BCUT2D eigenvalue weighted by molar-refractivity contribution is 6.33. The average molecular weight is 450 g/mol. The van der Waals surface area contributed by atoms with Gasteiger partial charge in [0.15, 0.2) is 0 Å². The van der Waals surface area contributed by atoms with E-state index in [1.807, 2.05) is 20.8 Å². The summed E-state index contributed by atoms with van der Waals surface area (Å²) in [6.45, 7) is 5.84. The minimum absolute atomic E-state index is 0.0926. The fourth-order valence-electron chi connectivity index (χ4n) is 3.87. The smallest absolute Gasteiger partial charge is 0.248 e. The molecule has 9 nitrogen and oxygen atoms in total. The van der Waals surface area contributed by atoms with Crippen LogP contribution in [0.3, 0.4) is 0 Å². The van der Waals surface area contributed by atoms with E-state index in [1.54, 1.807) is 31.5 Å². The van der Waals surface area contributed by atoms with E-state index >= 15 is 0 Å². The highest BCUT2D eigenvalue weighted by atomic mass is 35.5. The van der Waals surface area contributed by atoms with Crippen molar-refractivity contribution in [3.05, 3.63) is 29.4 Å². The number of aliphatic hydroxyl groups is 1. The number of aliphatic hydroxyl groups excluding tert-OH is 1. The molecule has 2 N–H and O–H groups in total. The zero-order valence-corrected chi connectivity index (χ0v) is 19.1. The fourth-order valence-corrected chi connectivity index (χ4v) is 4.13. The van der Waals surface area contributed by atoms with Crippen LogP contribution in [0.4, 0.5) is 0 Å². The number of ether oxygens (including phenoxy) is 1. The van der Waals surface area contributed by atoms with E-state index < -0.39 is 23.6 Å². The van der Waals surface area contributed by atoms with Gasteiger partial charge in [-0.3, -0.25) is 9.59 Å². The predicted molar refractivity (Wildman–Crippen MR) is 116 cm³/mol. The summed E-state index contributed by atoms with van der Waals surface area (Å²) < 4.78 is 6.68. The van der Waals surface area contributed by atoms with Gasteiger partial charge in [-0.25, -0.2) is 4.68 Å². The van der Waals surface area contributed by atoms with Crippen LogP contribution in [0, 0.1) is 5.41 Å². The summed E-state index contributed by atoms with van der Waals surface area (Å²) in [4.78, 5) is 27.3. The van der Waals surface area contributed by atoms with Crippen molar-refractivity contribution in [1.29, 1.82) is 0 Å². The van der Waals surface area contributed by atoms with Crippen LogP contribution in [0.5, 0.6) is 5.75 Å². The Kier molecular flexibility index (Phi) is 6.56. The summed E-state index contributed by atoms with van der Waals surface area (Å²) in [5.74, 6) is 0.0218. The molecule has 1 aliphatic heterocycles. The second-order valence-corrected chi connectivity index (χ2v) is 9.12. The first-order valence-electron chi connectivity index (χ1n) is 10.0. The molecule has 2 heterocycles. The van der Waals surface area contributed by atoms with Crippen LogP contribution in [-0.2, 0) is 9.59 Å². The summed E-state index contributed by atoms with van der Waals surface area (Å²) in [6, 6.07) is 3.77. The molecule has 1 fully saturated rings. The molecule has 0 aliphatic carbocycles. The standard InChI is InChI=1S/C21H28ClN5O4/c1-21(2,3)18(20(30)26-10-12(28)8-17(26)19(29)23-4)27-11-16(24-25-27)14-7-6-13(31-5)9-15(14)22/h6-7,9,11-12,17-18,28H,8,10H2,1-5H3,(H,23,29)/t12?,17-,18?/m1/s1. The van der Waals surface area contributed by atoms with Crippen molar-refractivity contribution in [2.24, 2.45) is 5.41 Å². The molecule has 0 bridgehead atoms. The van der Waals surface area contributed by atoms with E-state index in [9.17, 15) is 14.7 Å². The Morgan fingerprint density at radius 1 is 1.35 bits per heavy atom. The van der Waals surface area contributed by atoms with Gasteiger partial charge in [0.05, 0.1) is 24.4 Å². The second kappa shape index (κ2) is 8.84. The Morgan fingerprint density at radius 3 is 2.65 bits per heavy atom. The average Bonchev–Trinajstić information content (AvgIpc) is 3.33. The normalized spacial score (nSPS) is 19.9. The van der Waals surface area contributed by atoms with Crippen molar-refractivity contribution < 1.29 is 19.4 Å². The highest BCUT2D eigenvalue weighted by Gasteiger charge is 2.45. The maximum Gasteiger partial charge on any atom is 0.248 e. The van der Waals surface area contributed by atoms with Crippen LogP contribution in [-0.4, -0.2) is 69.7 Å². The van der Waals surface area contributed by atoms with E-state index in [4.69, 9.17) is 16.3 Å². The van der Waals surface area contributed by atoms with E-state index in [0.29, 0.717) is 22.0 Å². The number of nitrogens with one attached hydrogen (secondary N) is 1. The van der Waals surface area contributed by atoms with Crippen LogP contribution < -0.4 is 10.1 Å². The SMILES string of the molecule is CNC(=O)[C@H]1CC(O)CN1C(=O)C(n1cc(-c2ccc(OC)cc2Cl)nn1)C(C)(C)C. The summed E-state index contributed by atoms with van der Waals surface area (Å²) >= 11 is 6.37. The molecule has 1 aromatic carbocycles. The molecule has 1 aromatic heterocycles. The molecule has 3 rings (SSSR count). The van der Waals surface area contributed by atoms with Crippen molar-refractivity contribution in [3.63, 3.8) is 0 Å². The largest absolute Gasteiger partial charge is 0.497 e. The zero-order valence-electron chi connectivity index (χ0n) is 18.3. The lowest BCUT2D eigenvalue weighted by Crippen LogP contribution is -2.49.